The molecular formula is C23H18N4O5. The van der Waals surface area contributed by atoms with Gasteiger partial charge in [-0.05, 0) is 18.2 Å². The minimum Gasteiger partial charge on any atom is -0.493 e. The molecule has 160 valence electrons. The number of rotatable bonds is 6. The number of para-hydroxylation sites is 1. The van der Waals surface area contributed by atoms with Gasteiger partial charge in [0, 0.05) is 5.56 Å². The first kappa shape index (κ1) is 20.7. The van der Waals surface area contributed by atoms with Crippen LogP contribution in [0.5, 0.6) is 11.5 Å². The number of hydrogen-bond donors (Lipinski definition) is 0. The lowest BCUT2D eigenvalue weighted by molar-refractivity contribution is -0.385. The van der Waals surface area contributed by atoms with E-state index in [0.29, 0.717) is 28.0 Å². The highest BCUT2D eigenvalue weighted by Crippen LogP contribution is 2.33. The van der Waals surface area contributed by atoms with E-state index in [2.05, 4.69) is 10.1 Å². The molecule has 0 aliphatic carbocycles. The van der Waals surface area contributed by atoms with E-state index in [9.17, 15) is 14.9 Å². The zero-order valence-corrected chi connectivity index (χ0v) is 17.3. The van der Waals surface area contributed by atoms with Crippen LogP contribution in [0.3, 0.4) is 0 Å². The largest absolute Gasteiger partial charge is 0.493 e. The van der Waals surface area contributed by atoms with Gasteiger partial charge in [-0.1, -0.05) is 42.5 Å². The highest BCUT2D eigenvalue weighted by atomic mass is 16.6. The highest BCUT2D eigenvalue weighted by molar-refractivity contribution is 5.87. The van der Waals surface area contributed by atoms with E-state index in [0.717, 1.165) is 4.68 Å². The van der Waals surface area contributed by atoms with Gasteiger partial charge in [0.1, 0.15) is 0 Å². The van der Waals surface area contributed by atoms with Crippen LogP contribution in [0.15, 0.2) is 76.6 Å². The van der Waals surface area contributed by atoms with E-state index in [-0.39, 0.29) is 17.0 Å². The zero-order chi connectivity index (χ0) is 22.7. The van der Waals surface area contributed by atoms with E-state index in [1.165, 1.54) is 32.6 Å². The van der Waals surface area contributed by atoms with Crippen LogP contribution in [0.4, 0.5) is 5.69 Å². The van der Waals surface area contributed by atoms with Gasteiger partial charge in [-0.3, -0.25) is 14.9 Å². The van der Waals surface area contributed by atoms with Gasteiger partial charge in [0.15, 0.2) is 17.3 Å². The van der Waals surface area contributed by atoms with Crippen molar-refractivity contribution in [1.82, 2.24) is 9.66 Å². The third-order valence-corrected chi connectivity index (χ3v) is 4.83. The van der Waals surface area contributed by atoms with Crippen LogP contribution in [0.1, 0.15) is 5.56 Å². The number of fused-ring (bicyclic) bond motifs is 1. The average Bonchev–Trinajstić information content (AvgIpc) is 2.83. The number of nitro groups is 1. The molecular weight excluding hydrogens is 412 g/mol. The van der Waals surface area contributed by atoms with Crippen molar-refractivity contribution in [3.8, 4) is 22.9 Å². The molecule has 0 saturated carbocycles. The van der Waals surface area contributed by atoms with Gasteiger partial charge in [0.05, 0.1) is 47.9 Å². The van der Waals surface area contributed by atoms with E-state index in [4.69, 9.17) is 9.47 Å². The summed E-state index contributed by atoms with van der Waals surface area (Å²) < 4.78 is 11.5. The quantitative estimate of drug-likeness (QED) is 0.261. The molecule has 0 aliphatic rings. The molecule has 3 aromatic carbocycles. The standard InChI is InChI=1S/C23H18N4O5/c1-31-20-12-16(19(27(29)30)13-21(20)32-2)14-24-26-22(15-8-4-3-5-9-15)25-18-11-7-6-10-17(18)23(26)28/h3-14H,1-2H3. The summed E-state index contributed by atoms with van der Waals surface area (Å²) in [7, 11) is 2.82. The van der Waals surface area contributed by atoms with E-state index in [1.807, 2.05) is 18.2 Å². The monoisotopic (exact) mass is 430 g/mol. The lowest BCUT2D eigenvalue weighted by atomic mass is 10.1. The highest BCUT2D eigenvalue weighted by Gasteiger charge is 2.19. The molecule has 0 aliphatic heterocycles. The molecule has 9 heteroatoms. The van der Waals surface area contributed by atoms with Crippen molar-refractivity contribution in [1.29, 1.82) is 0 Å². The predicted molar refractivity (Wildman–Crippen MR) is 121 cm³/mol. The Morgan fingerprint density at radius 3 is 2.34 bits per heavy atom. The Morgan fingerprint density at radius 2 is 1.66 bits per heavy atom. The summed E-state index contributed by atoms with van der Waals surface area (Å²) in [6, 6.07) is 18.7. The normalized spacial score (nSPS) is 11.1. The number of hydrogen-bond acceptors (Lipinski definition) is 7. The Morgan fingerprint density at radius 1 is 1.00 bits per heavy atom. The maximum atomic E-state index is 13.2. The molecule has 1 aromatic heterocycles. The van der Waals surface area contributed by atoms with E-state index < -0.39 is 10.5 Å². The maximum absolute atomic E-state index is 13.2. The van der Waals surface area contributed by atoms with Crippen molar-refractivity contribution < 1.29 is 14.4 Å². The van der Waals surface area contributed by atoms with E-state index >= 15 is 0 Å². The van der Waals surface area contributed by atoms with Crippen LogP contribution in [-0.4, -0.2) is 35.0 Å². The fourth-order valence-corrected chi connectivity index (χ4v) is 3.27. The van der Waals surface area contributed by atoms with Crippen molar-refractivity contribution in [3.63, 3.8) is 0 Å². The second kappa shape index (κ2) is 8.68. The molecule has 4 rings (SSSR count). The second-order valence-corrected chi connectivity index (χ2v) is 6.70. The van der Waals surface area contributed by atoms with Crippen LogP contribution in [-0.2, 0) is 0 Å². The molecule has 32 heavy (non-hydrogen) atoms. The van der Waals surface area contributed by atoms with Gasteiger partial charge in [-0.2, -0.15) is 9.78 Å². The molecule has 1 heterocycles. The SMILES string of the molecule is COc1cc(C=Nn2c(-c3ccccc3)nc3ccccc3c2=O)c([N+](=O)[O-])cc1OC. The van der Waals surface area contributed by atoms with Crippen molar-refractivity contribution in [2.75, 3.05) is 14.2 Å². The summed E-state index contributed by atoms with van der Waals surface area (Å²) in [6.45, 7) is 0. The Bertz CT molecular complexity index is 1400. The Hall–Kier alpha value is -4.53. The summed E-state index contributed by atoms with van der Waals surface area (Å²) in [5.74, 6) is 0.825. The summed E-state index contributed by atoms with van der Waals surface area (Å²) in [4.78, 5) is 28.9. The van der Waals surface area contributed by atoms with Gasteiger partial charge in [0.2, 0.25) is 0 Å². The molecule has 0 amide bonds. The number of ether oxygens (including phenoxy) is 2. The minimum absolute atomic E-state index is 0.145. The summed E-state index contributed by atoms with van der Waals surface area (Å²) >= 11 is 0. The molecule has 0 saturated heterocycles. The Labute approximate surface area is 182 Å². The van der Waals surface area contributed by atoms with Crippen molar-refractivity contribution in [2.45, 2.75) is 0 Å². The molecule has 0 radical (unpaired) electrons. The zero-order valence-electron chi connectivity index (χ0n) is 17.3. The fraction of sp³-hybridized carbons (Fsp3) is 0.0870. The van der Waals surface area contributed by atoms with Gasteiger partial charge in [-0.25, -0.2) is 4.98 Å². The first-order valence-electron chi connectivity index (χ1n) is 9.55. The molecule has 0 spiro atoms. The first-order valence-corrected chi connectivity index (χ1v) is 9.55. The molecule has 0 bridgehead atoms. The van der Waals surface area contributed by atoms with Crippen LogP contribution >= 0.6 is 0 Å². The average molecular weight is 430 g/mol. The number of nitrogens with zero attached hydrogens (tertiary/aromatic N) is 4. The van der Waals surface area contributed by atoms with Gasteiger partial charge >= 0.3 is 0 Å². The van der Waals surface area contributed by atoms with Crippen LogP contribution < -0.4 is 15.0 Å². The second-order valence-electron chi connectivity index (χ2n) is 6.70. The molecule has 9 nitrogen and oxygen atoms in total. The van der Waals surface area contributed by atoms with Crippen molar-refractivity contribution >= 4 is 22.8 Å². The molecule has 0 atom stereocenters. The van der Waals surface area contributed by atoms with Crippen LogP contribution in [0.2, 0.25) is 0 Å². The lowest BCUT2D eigenvalue weighted by Crippen LogP contribution is -2.20. The first-order chi connectivity index (χ1) is 15.5. The van der Waals surface area contributed by atoms with Crippen molar-refractivity contribution in [3.05, 3.63) is 92.8 Å². The summed E-state index contributed by atoms with van der Waals surface area (Å²) in [5, 5.41) is 16.3. The van der Waals surface area contributed by atoms with Gasteiger partial charge in [0.25, 0.3) is 11.2 Å². The third-order valence-electron chi connectivity index (χ3n) is 4.83. The van der Waals surface area contributed by atoms with Crippen molar-refractivity contribution in [2.24, 2.45) is 5.10 Å². The molecule has 0 N–H and O–H groups in total. The number of benzene rings is 3. The molecule has 4 aromatic rings. The maximum Gasteiger partial charge on any atom is 0.282 e. The van der Waals surface area contributed by atoms with Gasteiger partial charge in [-0.15, -0.1) is 0 Å². The predicted octanol–water partition coefficient (Wildman–Crippen LogP) is 3.87. The van der Waals surface area contributed by atoms with E-state index in [1.54, 1.807) is 36.4 Å². The lowest BCUT2D eigenvalue weighted by Gasteiger charge is -2.10. The number of nitro benzene ring substituents is 1. The molecule has 0 unspecified atom stereocenters. The molecule has 0 fully saturated rings. The topological polar surface area (TPSA) is 109 Å². The van der Waals surface area contributed by atoms with Gasteiger partial charge < -0.3 is 9.47 Å². The number of aromatic nitrogens is 2. The Kier molecular flexibility index (Phi) is 5.63. The fourth-order valence-electron chi connectivity index (χ4n) is 3.27. The summed E-state index contributed by atoms with van der Waals surface area (Å²) in [5.41, 5.74) is 0.712. The smallest absolute Gasteiger partial charge is 0.282 e. The Balaban J connectivity index is 1.94. The van der Waals surface area contributed by atoms with Crippen LogP contribution in [0.25, 0.3) is 22.3 Å². The third kappa shape index (κ3) is 3.79. The minimum atomic E-state index is -0.553. The summed E-state index contributed by atoms with van der Waals surface area (Å²) in [6.07, 6.45) is 1.24. The number of methoxy groups -OCH3 is 2. The van der Waals surface area contributed by atoms with Crippen LogP contribution in [0, 0.1) is 10.1 Å².